The van der Waals surface area contributed by atoms with Gasteiger partial charge in [0.1, 0.15) is 0 Å². The fraction of sp³-hybridized carbons (Fsp3) is 0.609. The number of carbonyl (C=O) groups is 1. The predicted octanol–water partition coefficient (Wildman–Crippen LogP) is 1.93. The van der Waals surface area contributed by atoms with Gasteiger partial charge >= 0.3 is 0 Å². The first kappa shape index (κ1) is 23.4. The summed E-state index contributed by atoms with van der Waals surface area (Å²) in [4.78, 5) is 17.0. The normalized spacial score (nSPS) is 22.0. The van der Waals surface area contributed by atoms with Crippen LogP contribution in [0.5, 0.6) is 0 Å². The van der Waals surface area contributed by atoms with Crippen molar-refractivity contribution < 1.29 is 14.6 Å². The summed E-state index contributed by atoms with van der Waals surface area (Å²) in [6.07, 6.45) is 2.76. The molecule has 170 valence electrons. The molecule has 1 N–H and O–H groups in total. The Kier molecular flexibility index (Phi) is 8.57. The molecule has 0 unspecified atom stereocenters. The summed E-state index contributed by atoms with van der Waals surface area (Å²) in [5.74, 6) is 0.159. The quantitative estimate of drug-likeness (QED) is 0.756. The van der Waals surface area contributed by atoms with E-state index in [1.54, 1.807) is 6.20 Å². The average Bonchev–Trinajstić information content (AvgIpc) is 3.21. The number of aliphatic hydroxyl groups excluding tert-OH is 1. The van der Waals surface area contributed by atoms with Crippen molar-refractivity contribution in [3.8, 4) is 0 Å². The first-order chi connectivity index (χ1) is 15.0. The molecule has 1 aliphatic rings. The van der Waals surface area contributed by atoms with E-state index < -0.39 is 0 Å². The minimum Gasteiger partial charge on any atom is -0.394 e. The smallest absolute Gasteiger partial charge is 0.222 e. The number of amides is 1. The van der Waals surface area contributed by atoms with Gasteiger partial charge in [-0.3, -0.25) is 9.69 Å². The molecule has 3 atom stereocenters. The number of aromatic nitrogens is 3. The third-order valence-electron chi connectivity index (χ3n) is 5.93. The topological polar surface area (TPSA) is 83.7 Å². The van der Waals surface area contributed by atoms with Crippen molar-refractivity contribution in [2.45, 2.75) is 58.5 Å². The van der Waals surface area contributed by atoms with Gasteiger partial charge in [-0.05, 0) is 26.0 Å². The lowest BCUT2D eigenvalue weighted by Gasteiger charge is -2.35. The molecule has 0 saturated heterocycles. The van der Waals surface area contributed by atoms with Crippen molar-refractivity contribution in [3.63, 3.8) is 0 Å². The third kappa shape index (κ3) is 6.59. The Labute approximate surface area is 184 Å². The van der Waals surface area contributed by atoms with Crippen molar-refractivity contribution in [2.24, 2.45) is 5.92 Å². The molecular formula is C23H35N5O3. The maximum Gasteiger partial charge on any atom is 0.222 e. The molecule has 1 aromatic carbocycles. The molecule has 8 heteroatoms. The second kappa shape index (κ2) is 11.4. The van der Waals surface area contributed by atoms with E-state index in [-0.39, 0.29) is 30.6 Å². The number of ether oxygens (including phenoxy) is 1. The van der Waals surface area contributed by atoms with Crippen LogP contribution in [0.1, 0.15) is 37.9 Å². The van der Waals surface area contributed by atoms with E-state index in [0.29, 0.717) is 32.5 Å². The number of likely N-dealkylation sites (N-methyl/N-ethyl adjacent to an activating group) is 1. The lowest BCUT2D eigenvalue weighted by Crippen LogP contribution is -2.47. The maximum absolute atomic E-state index is 12.9. The van der Waals surface area contributed by atoms with Crippen LogP contribution in [0, 0.1) is 5.92 Å². The van der Waals surface area contributed by atoms with Crippen molar-refractivity contribution in [1.82, 2.24) is 24.8 Å². The lowest BCUT2D eigenvalue weighted by molar-refractivity contribution is -0.136. The number of nitrogens with zero attached hydrogens (tertiary/aromatic N) is 5. The van der Waals surface area contributed by atoms with E-state index in [9.17, 15) is 9.90 Å². The van der Waals surface area contributed by atoms with Gasteiger partial charge in [0.15, 0.2) is 0 Å². The van der Waals surface area contributed by atoms with Crippen LogP contribution in [0.25, 0.3) is 0 Å². The van der Waals surface area contributed by atoms with Crippen molar-refractivity contribution >= 4 is 5.91 Å². The summed E-state index contributed by atoms with van der Waals surface area (Å²) in [7, 11) is 2.09. The number of fused-ring (bicyclic) bond motifs is 1. The molecule has 0 bridgehead atoms. The molecule has 0 spiro atoms. The number of hydrogen-bond acceptors (Lipinski definition) is 6. The second-order valence-electron chi connectivity index (χ2n) is 8.64. The molecule has 0 saturated carbocycles. The molecule has 31 heavy (non-hydrogen) atoms. The average molecular weight is 430 g/mol. The first-order valence-corrected chi connectivity index (χ1v) is 11.1. The van der Waals surface area contributed by atoms with Gasteiger partial charge in [0, 0.05) is 38.5 Å². The SMILES string of the molecule is C[C@H]1CN([C@@H](C)CO)C(=O)CCCn2nncc2CO[C@@H]1CN(C)Cc1ccccc1. The van der Waals surface area contributed by atoms with Crippen LogP contribution in [-0.2, 0) is 29.2 Å². The van der Waals surface area contributed by atoms with Crippen molar-refractivity contribution in [3.05, 3.63) is 47.8 Å². The third-order valence-corrected chi connectivity index (χ3v) is 5.93. The summed E-state index contributed by atoms with van der Waals surface area (Å²) >= 11 is 0. The number of hydrogen-bond donors (Lipinski definition) is 1. The van der Waals surface area contributed by atoms with E-state index in [1.165, 1.54) is 5.56 Å². The largest absolute Gasteiger partial charge is 0.394 e. The molecule has 0 radical (unpaired) electrons. The highest BCUT2D eigenvalue weighted by Crippen LogP contribution is 2.18. The van der Waals surface area contributed by atoms with E-state index >= 15 is 0 Å². The zero-order valence-electron chi connectivity index (χ0n) is 18.9. The Morgan fingerprint density at radius 1 is 1.32 bits per heavy atom. The molecule has 0 fully saturated rings. The van der Waals surface area contributed by atoms with E-state index in [2.05, 4.69) is 41.3 Å². The highest BCUT2D eigenvalue weighted by Gasteiger charge is 2.28. The highest BCUT2D eigenvalue weighted by atomic mass is 16.5. The standard InChI is InChI=1S/C23H35N5O3/c1-18-13-27(19(2)16-29)23(30)10-7-11-28-21(12-24-25-28)17-31-22(18)15-26(3)14-20-8-5-4-6-9-20/h4-6,8-9,12,18-19,22,29H,7,10-11,13-17H2,1-3H3/t18-,19-,22+/m0/s1. The van der Waals surface area contributed by atoms with Gasteiger partial charge in [0.2, 0.25) is 5.91 Å². The van der Waals surface area contributed by atoms with Gasteiger partial charge in [0.05, 0.1) is 37.3 Å². The predicted molar refractivity (Wildman–Crippen MR) is 118 cm³/mol. The van der Waals surface area contributed by atoms with Gasteiger partial charge in [-0.25, -0.2) is 4.68 Å². The minimum absolute atomic E-state index is 0.0505. The number of aryl methyl sites for hydroxylation is 1. The fourth-order valence-corrected chi connectivity index (χ4v) is 4.01. The Hall–Kier alpha value is -2.29. The number of rotatable bonds is 6. The van der Waals surface area contributed by atoms with E-state index in [1.807, 2.05) is 34.7 Å². The number of benzene rings is 1. The summed E-state index contributed by atoms with van der Waals surface area (Å²) in [6, 6.07) is 10.1. The molecule has 2 aromatic rings. The van der Waals surface area contributed by atoms with Crippen LogP contribution in [0.4, 0.5) is 0 Å². The summed E-state index contributed by atoms with van der Waals surface area (Å²) in [5.41, 5.74) is 2.18. The van der Waals surface area contributed by atoms with E-state index in [4.69, 9.17) is 4.74 Å². The van der Waals surface area contributed by atoms with Gasteiger partial charge in [-0.15, -0.1) is 5.10 Å². The lowest BCUT2D eigenvalue weighted by atomic mass is 10.0. The first-order valence-electron chi connectivity index (χ1n) is 11.1. The molecular weight excluding hydrogens is 394 g/mol. The molecule has 3 rings (SSSR count). The Morgan fingerprint density at radius 3 is 2.84 bits per heavy atom. The Morgan fingerprint density at radius 2 is 2.10 bits per heavy atom. The summed E-state index contributed by atoms with van der Waals surface area (Å²) < 4.78 is 8.20. The molecule has 2 heterocycles. The maximum atomic E-state index is 12.9. The van der Waals surface area contributed by atoms with E-state index in [0.717, 1.165) is 18.8 Å². The zero-order chi connectivity index (χ0) is 22.2. The Bertz CT molecular complexity index is 813. The van der Waals surface area contributed by atoms with Gasteiger partial charge in [-0.1, -0.05) is 42.5 Å². The van der Waals surface area contributed by atoms with Crippen LogP contribution >= 0.6 is 0 Å². The van der Waals surface area contributed by atoms with Gasteiger partial charge in [-0.2, -0.15) is 0 Å². The van der Waals surface area contributed by atoms with Crippen LogP contribution in [-0.4, -0.2) is 74.7 Å². The monoisotopic (exact) mass is 429 g/mol. The van der Waals surface area contributed by atoms with Gasteiger partial charge < -0.3 is 14.7 Å². The molecule has 1 aliphatic heterocycles. The van der Waals surface area contributed by atoms with Gasteiger partial charge in [0.25, 0.3) is 0 Å². The summed E-state index contributed by atoms with van der Waals surface area (Å²) in [6.45, 7) is 7.13. The minimum atomic E-state index is -0.220. The zero-order valence-corrected chi connectivity index (χ0v) is 18.9. The second-order valence-corrected chi connectivity index (χ2v) is 8.64. The fourth-order valence-electron chi connectivity index (χ4n) is 4.01. The number of carbonyl (C=O) groups excluding carboxylic acids is 1. The molecule has 0 aliphatic carbocycles. The van der Waals surface area contributed by atoms with Crippen molar-refractivity contribution in [1.29, 1.82) is 0 Å². The highest BCUT2D eigenvalue weighted by molar-refractivity contribution is 5.76. The Balaban J connectivity index is 1.77. The van der Waals surface area contributed by atoms with Crippen LogP contribution in [0.3, 0.4) is 0 Å². The number of aliphatic hydroxyl groups is 1. The van der Waals surface area contributed by atoms with Crippen molar-refractivity contribution in [2.75, 3.05) is 26.7 Å². The van der Waals surface area contributed by atoms with Crippen LogP contribution in [0.2, 0.25) is 0 Å². The van der Waals surface area contributed by atoms with Crippen LogP contribution < -0.4 is 0 Å². The molecule has 1 amide bonds. The summed E-state index contributed by atoms with van der Waals surface area (Å²) in [5, 5.41) is 17.9. The molecule has 1 aromatic heterocycles. The molecule has 8 nitrogen and oxygen atoms in total. The van der Waals surface area contributed by atoms with Crippen LogP contribution in [0.15, 0.2) is 36.5 Å².